The average Bonchev–Trinajstić information content (AvgIpc) is 3.74. The summed E-state index contributed by atoms with van der Waals surface area (Å²) in [6.07, 6.45) is 23.2. The number of ketones is 2. The largest absolute Gasteiger partial charge is 0.356 e. The van der Waals surface area contributed by atoms with E-state index in [1.165, 1.54) is 62.5 Å². The van der Waals surface area contributed by atoms with Crippen molar-refractivity contribution in [3.05, 3.63) is 41.5 Å². The van der Waals surface area contributed by atoms with Crippen molar-refractivity contribution < 1.29 is 9.59 Å². The average molecular weight is 705 g/mol. The Kier molecular flexibility index (Phi) is 7.91. The summed E-state index contributed by atoms with van der Waals surface area (Å²) < 4.78 is 0. The fraction of sp³-hybridized carbons (Fsp3) is 0.727. The molecule has 0 spiro atoms. The lowest BCUT2D eigenvalue weighted by Crippen LogP contribution is -2.55. The molecule has 4 bridgehead atoms. The standard InChI is InChI=1S/C44H60N6O2/c1-28-18-36-34-7-6-32-22-33(51)8-10-42(32,2)35(34)9-11-43(36,3)40(28)37(52)27-48-14-16-50(17-15-48)39-23-38(49-12-4-5-13-49)45-41(46-39)47-44-24-29-19-30(25-44)21-31(20-29)26-44/h8-10,22-23,28-31,34,36,40H,4-7,11-21,24-27H2,1-3H3,(H,45,46,47)/t28?,29?,30?,31?,34-,36+,40-,42+,43+,44?/m1/s1. The van der Waals surface area contributed by atoms with Crippen LogP contribution in [0.15, 0.2) is 41.5 Å². The van der Waals surface area contributed by atoms with Gasteiger partial charge in [-0.25, -0.2) is 0 Å². The molecule has 10 aliphatic rings. The summed E-state index contributed by atoms with van der Waals surface area (Å²) in [5.41, 5.74) is 2.86. The van der Waals surface area contributed by atoms with Crippen molar-refractivity contribution in [3.63, 3.8) is 0 Å². The topological polar surface area (TPSA) is 81.7 Å². The molecule has 0 radical (unpaired) electrons. The molecule has 6 saturated carbocycles. The van der Waals surface area contributed by atoms with Crippen LogP contribution in [0.25, 0.3) is 0 Å². The van der Waals surface area contributed by atoms with Gasteiger partial charge in [-0.2, -0.15) is 9.97 Å². The molecule has 8 fully saturated rings. The minimum absolute atomic E-state index is 0.00525. The molecule has 0 amide bonds. The highest BCUT2D eigenvalue weighted by Gasteiger charge is 2.59. The summed E-state index contributed by atoms with van der Waals surface area (Å²) >= 11 is 0. The lowest BCUT2D eigenvalue weighted by molar-refractivity contribution is -0.129. The van der Waals surface area contributed by atoms with Crippen molar-refractivity contribution in [2.24, 2.45) is 52.3 Å². The quantitative estimate of drug-likeness (QED) is 0.298. The second-order valence-electron chi connectivity index (χ2n) is 19.6. The number of hydrogen-bond acceptors (Lipinski definition) is 8. The van der Waals surface area contributed by atoms with Gasteiger partial charge in [-0.05, 0) is 137 Å². The number of nitrogens with zero attached hydrogens (tertiary/aromatic N) is 5. The van der Waals surface area contributed by atoms with Crippen LogP contribution in [0.5, 0.6) is 0 Å². The Bertz CT molecular complexity index is 1700. The molecular weight excluding hydrogens is 645 g/mol. The predicted octanol–water partition coefficient (Wildman–Crippen LogP) is 7.24. The molecule has 1 aromatic heterocycles. The highest BCUT2D eigenvalue weighted by atomic mass is 16.1. The number of allylic oxidation sites excluding steroid dienone is 6. The first-order valence-corrected chi connectivity index (χ1v) is 21.1. The van der Waals surface area contributed by atoms with Gasteiger partial charge in [0.05, 0.1) is 6.54 Å². The fourth-order valence-electron chi connectivity index (χ4n) is 14.3. The molecule has 11 rings (SSSR count). The van der Waals surface area contributed by atoms with Crippen LogP contribution >= 0.6 is 0 Å². The third kappa shape index (κ3) is 5.46. The molecule has 3 heterocycles. The molecule has 2 saturated heterocycles. The van der Waals surface area contributed by atoms with Crippen molar-refractivity contribution in [2.45, 2.75) is 103 Å². The first-order valence-electron chi connectivity index (χ1n) is 21.1. The number of carbonyl (C=O) groups is 2. The Morgan fingerprint density at radius 1 is 0.904 bits per heavy atom. The van der Waals surface area contributed by atoms with E-state index in [2.05, 4.69) is 59.0 Å². The van der Waals surface area contributed by atoms with Crippen LogP contribution in [-0.2, 0) is 9.59 Å². The molecule has 8 heteroatoms. The summed E-state index contributed by atoms with van der Waals surface area (Å²) in [5, 5.41) is 4.01. The van der Waals surface area contributed by atoms with Crippen molar-refractivity contribution in [2.75, 3.05) is 60.9 Å². The van der Waals surface area contributed by atoms with Crippen LogP contribution in [0.3, 0.4) is 0 Å². The molecule has 8 nitrogen and oxygen atoms in total. The van der Waals surface area contributed by atoms with Crippen molar-refractivity contribution in [1.29, 1.82) is 0 Å². The van der Waals surface area contributed by atoms with E-state index < -0.39 is 0 Å². The van der Waals surface area contributed by atoms with E-state index >= 15 is 0 Å². The molecule has 0 aromatic carbocycles. The molecule has 2 aliphatic heterocycles. The number of hydrogen-bond donors (Lipinski definition) is 1. The molecule has 278 valence electrons. The summed E-state index contributed by atoms with van der Waals surface area (Å²) in [7, 11) is 0. The molecule has 1 aromatic rings. The van der Waals surface area contributed by atoms with E-state index in [0.717, 1.165) is 100 Å². The maximum atomic E-state index is 14.4. The van der Waals surface area contributed by atoms with Crippen LogP contribution in [0.4, 0.5) is 17.6 Å². The molecule has 52 heavy (non-hydrogen) atoms. The first-order chi connectivity index (χ1) is 25.1. The van der Waals surface area contributed by atoms with Gasteiger partial charge in [0.25, 0.3) is 0 Å². The van der Waals surface area contributed by atoms with Crippen molar-refractivity contribution in [1.82, 2.24) is 14.9 Å². The van der Waals surface area contributed by atoms with Gasteiger partial charge in [0.2, 0.25) is 5.95 Å². The van der Waals surface area contributed by atoms with E-state index in [-0.39, 0.29) is 28.1 Å². The minimum Gasteiger partial charge on any atom is -0.356 e. The Morgan fingerprint density at radius 3 is 2.23 bits per heavy atom. The zero-order valence-corrected chi connectivity index (χ0v) is 31.9. The highest BCUT2D eigenvalue weighted by molar-refractivity contribution is 6.01. The number of carbonyl (C=O) groups excluding carboxylic acids is 2. The van der Waals surface area contributed by atoms with Gasteiger partial charge in [0.1, 0.15) is 11.6 Å². The summed E-state index contributed by atoms with van der Waals surface area (Å²) in [6.45, 7) is 13.4. The monoisotopic (exact) mass is 704 g/mol. The summed E-state index contributed by atoms with van der Waals surface area (Å²) in [4.78, 5) is 44.4. The Labute approximate surface area is 310 Å². The number of aromatic nitrogens is 2. The SMILES string of the molecule is CC1C[C@H]2[C@@H]3CCC4=CC(=O)C=C[C@]4(C)C3=CC[C@]2(C)[C@H]1C(=O)CN1CCN(c2cc(N3CCCC3)nc(NC34CC5CC(CC(C5)C3)C4)n2)CC1. The number of rotatable bonds is 7. The second kappa shape index (κ2) is 12.3. The van der Waals surface area contributed by atoms with Crippen molar-refractivity contribution >= 4 is 29.2 Å². The zero-order chi connectivity index (χ0) is 35.4. The van der Waals surface area contributed by atoms with E-state index in [4.69, 9.17) is 9.97 Å². The lowest BCUT2D eigenvalue weighted by Gasteiger charge is -2.56. The van der Waals surface area contributed by atoms with Crippen LogP contribution in [0.1, 0.15) is 97.8 Å². The van der Waals surface area contributed by atoms with Gasteiger partial charge in [0.15, 0.2) is 11.6 Å². The molecule has 1 unspecified atom stereocenters. The molecular formula is C44H60N6O2. The smallest absolute Gasteiger partial charge is 0.227 e. The van der Waals surface area contributed by atoms with Crippen molar-refractivity contribution in [3.8, 4) is 0 Å². The number of nitrogens with one attached hydrogen (secondary N) is 1. The van der Waals surface area contributed by atoms with Crippen LogP contribution in [0, 0.1) is 52.3 Å². The maximum Gasteiger partial charge on any atom is 0.227 e. The molecule has 8 aliphatic carbocycles. The zero-order valence-electron chi connectivity index (χ0n) is 31.9. The second-order valence-corrected chi connectivity index (χ2v) is 19.6. The summed E-state index contributed by atoms with van der Waals surface area (Å²) in [5.74, 6) is 7.74. The highest BCUT2D eigenvalue weighted by Crippen LogP contribution is 2.65. The van der Waals surface area contributed by atoms with Gasteiger partial charge >= 0.3 is 0 Å². The van der Waals surface area contributed by atoms with Crippen LogP contribution in [0.2, 0.25) is 0 Å². The van der Waals surface area contributed by atoms with Crippen LogP contribution < -0.4 is 15.1 Å². The van der Waals surface area contributed by atoms with Gasteiger partial charge in [0, 0.05) is 62.2 Å². The van der Waals surface area contributed by atoms with Gasteiger partial charge in [-0.1, -0.05) is 37.1 Å². The minimum atomic E-state index is -0.131. The van der Waals surface area contributed by atoms with E-state index in [1.807, 2.05) is 6.08 Å². The Morgan fingerprint density at radius 2 is 1.56 bits per heavy atom. The first kappa shape index (κ1) is 33.6. The predicted molar refractivity (Wildman–Crippen MR) is 206 cm³/mol. The third-order valence-electron chi connectivity index (χ3n) is 16.3. The molecule has 6 atom stereocenters. The van der Waals surface area contributed by atoms with Gasteiger partial charge in [-0.15, -0.1) is 0 Å². The van der Waals surface area contributed by atoms with E-state index in [9.17, 15) is 9.59 Å². The van der Waals surface area contributed by atoms with Crippen LogP contribution in [-0.4, -0.2) is 77.8 Å². The lowest BCUT2D eigenvalue weighted by atomic mass is 9.52. The van der Waals surface area contributed by atoms with E-state index in [0.29, 0.717) is 30.1 Å². The Balaban J connectivity index is 0.824. The third-order valence-corrected chi connectivity index (χ3v) is 16.3. The van der Waals surface area contributed by atoms with Gasteiger partial charge in [-0.3, -0.25) is 14.5 Å². The van der Waals surface area contributed by atoms with Gasteiger partial charge < -0.3 is 15.1 Å². The normalized spacial score (nSPS) is 42.1. The van der Waals surface area contributed by atoms with E-state index in [1.54, 1.807) is 6.08 Å². The maximum absolute atomic E-state index is 14.4. The number of fused-ring (bicyclic) bond motifs is 5. The molecule has 1 N–H and O–H groups in total. The number of anilines is 3. The number of Topliss-reactive ketones (excluding diaryl/α,β-unsaturated/α-hetero) is 1. The number of piperazine rings is 1. The summed E-state index contributed by atoms with van der Waals surface area (Å²) in [6, 6.07) is 2.24. The fourth-order valence-corrected chi connectivity index (χ4v) is 14.3. The Hall–Kier alpha value is -3.00.